The van der Waals surface area contributed by atoms with Gasteiger partial charge in [-0.15, -0.1) is 0 Å². The molecule has 0 spiro atoms. The number of hydrogen-bond donors (Lipinski definition) is 1. The summed E-state index contributed by atoms with van der Waals surface area (Å²) in [5.74, 6) is 0.548. The third-order valence-corrected chi connectivity index (χ3v) is 3.58. The highest BCUT2D eigenvalue weighted by molar-refractivity contribution is 5.19. The molecule has 0 radical (unpaired) electrons. The molecule has 0 aliphatic rings. The Morgan fingerprint density at radius 1 is 1.11 bits per heavy atom. The average Bonchev–Trinajstić information content (AvgIpc) is 2.44. The topological polar surface area (TPSA) is 21.3 Å². The monoisotopic (exact) mass is 249 g/mol. The van der Waals surface area contributed by atoms with Gasteiger partial charge in [-0.05, 0) is 30.7 Å². The molecule has 1 rings (SSSR count). The number of rotatable bonds is 9. The Balaban J connectivity index is 2.56. The Morgan fingerprint density at radius 2 is 1.78 bits per heavy atom. The van der Waals surface area contributed by atoms with Crippen LogP contribution in [0.2, 0.25) is 0 Å². The van der Waals surface area contributed by atoms with Gasteiger partial charge < -0.3 is 10.1 Å². The van der Waals surface area contributed by atoms with Crippen LogP contribution in [0.25, 0.3) is 0 Å². The first-order chi connectivity index (χ1) is 8.81. The molecular formula is C16H27NO. The zero-order valence-electron chi connectivity index (χ0n) is 12.0. The van der Waals surface area contributed by atoms with E-state index in [1.54, 1.807) is 7.11 Å². The highest BCUT2D eigenvalue weighted by atomic mass is 16.5. The molecule has 0 aliphatic carbocycles. The number of ether oxygens (including phenoxy) is 1. The van der Waals surface area contributed by atoms with E-state index in [-0.39, 0.29) is 0 Å². The minimum atomic E-state index is 0.548. The predicted molar refractivity (Wildman–Crippen MR) is 78.0 cm³/mol. The molecular weight excluding hydrogens is 222 g/mol. The zero-order valence-corrected chi connectivity index (χ0v) is 12.0. The molecule has 1 atom stereocenters. The van der Waals surface area contributed by atoms with Crippen molar-refractivity contribution < 1.29 is 4.74 Å². The van der Waals surface area contributed by atoms with E-state index in [4.69, 9.17) is 4.74 Å². The minimum absolute atomic E-state index is 0.548. The second-order valence-corrected chi connectivity index (χ2v) is 4.81. The summed E-state index contributed by atoms with van der Waals surface area (Å²) in [5, 5.41) is 3.67. The first-order valence-electron chi connectivity index (χ1n) is 7.09. The number of hydrogen-bond acceptors (Lipinski definition) is 2. The minimum Gasteiger partial charge on any atom is -0.385 e. The molecule has 0 aromatic heterocycles. The smallest absolute Gasteiger partial charge is 0.0468 e. The average molecular weight is 249 g/mol. The van der Waals surface area contributed by atoms with Gasteiger partial charge in [0.2, 0.25) is 0 Å². The van der Waals surface area contributed by atoms with Crippen LogP contribution in [0.3, 0.4) is 0 Å². The Bertz CT molecular complexity index is 295. The third kappa shape index (κ3) is 5.19. The molecule has 0 fully saturated rings. The van der Waals surface area contributed by atoms with Crippen LogP contribution in [0.15, 0.2) is 30.3 Å². The summed E-state index contributed by atoms with van der Waals surface area (Å²) in [6, 6.07) is 11.4. The van der Waals surface area contributed by atoms with Crippen LogP contribution in [-0.4, -0.2) is 26.3 Å². The predicted octanol–water partition coefficient (Wildman–Crippen LogP) is 3.58. The molecule has 102 valence electrons. The summed E-state index contributed by atoms with van der Waals surface area (Å²) in [7, 11) is 1.77. The van der Waals surface area contributed by atoms with Crippen molar-refractivity contribution in [3.8, 4) is 0 Å². The van der Waals surface area contributed by atoms with Crippen LogP contribution in [-0.2, 0) is 4.74 Å². The van der Waals surface area contributed by atoms with Gasteiger partial charge in [0.15, 0.2) is 0 Å². The molecule has 1 N–H and O–H groups in total. The lowest BCUT2D eigenvalue weighted by Crippen LogP contribution is -2.32. The van der Waals surface area contributed by atoms with E-state index in [0.717, 1.165) is 19.6 Å². The molecule has 18 heavy (non-hydrogen) atoms. The van der Waals surface area contributed by atoms with Crippen LogP contribution in [0.5, 0.6) is 0 Å². The lowest BCUT2D eigenvalue weighted by molar-refractivity contribution is 0.186. The van der Waals surface area contributed by atoms with Gasteiger partial charge in [-0.25, -0.2) is 0 Å². The summed E-state index contributed by atoms with van der Waals surface area (Å²) < 4.78 is 5.23. The molecule has 1 aromatic rings. The molecule has 0 amide bonds. The Labute approximate surface area is 112 Å². The maximum absolute atomic E-state index is 5.23. The normalized spacial score (nSPS) is 12.9. The van der Waals surface area contributed by atoms with Crippen molar-refractivity contribution in [2.45, 2.75) is 45.1 Å². The fourth-order valence-electron chi connectivity index (χ4n) is 2.26. The van der Waals surface area contributed by atoms with Crippen molar-refractivity contribution in [2.24, 2.45) is 0 Å². The van der Waals surface area contributed by atoms with Gasteiger partial charge >= 0.3 is 0 Å². The standard InChI is InChI=1S/C16H27NO/c1-4-16(5-2)17-13-15(11-12-18-3)14-9-7-6-8-10-14/h6-10,15-17H,4-5,11-13H2,1-3H3. The Morgan fingerprint density at radius 3 is 2.33 bits per heavy atom. The van der Waals surface area contributed by atoms with Crippen molar-refractivity contribution in [3.63, 3.8) is 0 Å². The van der Waals surface area contributed by atoms with Crippen LogP contribution < -0.4 is 5.32 Å². The van der Waals surface area contributed by atoms with Gasteiger partial charge in [0.1, 0.15) is 0 Å². The van der Waals surface area contributed by atoms with Gasteiger partial charge in [0.05, 0.1) is 0 Å². The van der Waals surface area contributed by atoms with Crippen molar-refractivity contribution in [2.75, 3.05) is 20.3 Å². The first kappa shape index (κ1) is 15.2. The summed E-state index contributed by atoms with van der Waals surface area (Å²) in [4.78, 5) is 0. The van der Waals surface area contributed by atoms with E-state index < -0.39 is 0 Å². The second-order valence-electron chi connectivity index (χ2n) is 4.81. The number of nitrogens with one attached hydrogen (secondary N) is 1. The van der Waals surface area contributed by atoms with Crippen LogP contribution in [0, 0.1) is 0 Å². The highest BCUT2D eigenvalue weighted by Crippen LogP contribution is 2.19. The molecule has 0 bridgehead atoms. The zero-order chi connectivity index (χ0) is 13.2. The van der Waals surface area contributed by atoms with E-state index in [1.165, 1.54) is 18.4 Å². The quantitative estimate of drug-likeness (QED) is 0.722. The van der Waals surface area contributed by atoms with Crippen LogP contribution in [0.4, 0.5) is 0 Å². The molecule has 0 saturated carbocycles. The fraction of sp³-hybridized carbons (Fsp3) is 0.625. The van der Waals surface area contributed by atoms with E-state index in [1.807, 2.05) is 0 Å². The Hall–Kier alpha value is -0.860. The lowest BCUT2D eigenvalue weighted by atomic mass is 9.95. The largest absolute Gasteiger partial charge is 0.385 e. The SMILES string of the molecule is CCC(CC)NCC(CCOC)c1ccccc1. The van der Waals surface area contributed by atoms with Gasteiger partial charge in [-0.3, -0.25) is 0 Å². The number of benzene rings is 1. The third-order valence-electron chi connectivity index (χ3n) is 3.58. The van der Waals surface area contributed by atoms with Gasteiger partial charge in [-0.2, -0.15) is 0 Å². The second kappa shape index (κ2) is 9.12. The Kier molecular flexibility index (Phi) is 7.70. The number of methoxy groups -OCH3 is 1. The van der Waals surface area contributed by atoms with Crippen molar-refractivity contribution in [3.05, 3.63) is 35.9 Å². The van der Waals surface area contributed by atoms with Crippen molar-refractivity contribution >= 4 is 0 Å². The summed E-state index contributed by atoms with van der Waals surface area (Å²) in [5.41, 5.74) is 1.41. The molecule has 2 heteroatoms. The highest BCUT2D eigenvalue weighted by Gasteiger charge is 2.12. The first-order valence-corrected chi connectivity index (χ1v) is 7.09. The summed E-state index contributed by atoms with van der Waals surface area (Å²) >= 11 is 0. The molecule has 0 aliphatic heterocycles. The van der Waals surface area contributed by atoms with E-state index in [0.29, 0.717) is 12.0 Å². The molecule has 0 heterocycles. The van der Waals surface area contributed by atoms with Gasteiger partial charge in [-0.1, -0.05) is 44.2 Å². The van der Waals surface area contributed by atoms with E-state index in [2.05, 4.69) is 49.5 Å². The molecule has 2 nitrogen and oxygen atoms in total. The molecule has 1 unspecified atom stereocenters. The maximum atomic E-state index is 5.23. The lowest BCUT2D eigenvalue weighted by Gasteiger charge is -2.22. The van der Waals surface area contributed by atoms with Crippen LogP contribution >= 0.6 is 0 Å². The maximum Gasteiger partial charge on any atom is 0.0468 e. The summed E-state index contributed by atoms with van der Waals surface area (Å²) in [6.45, 7) is 6.35. The van der Waals surface area contributed by atoms with Gasteiger partial charge in [0, 0.05) is 26.3 Å². The van der Waals surface area contributed by atoms with Crippen molar-refractivity contribution in [1.82, 2.24) is 5.32 Å². The van der Waals surface area contributed by atoms with E-state index >= 15 is 0 Å². The van der Waals surface area contributed by atoms with Crippen LogP contribution in [0.1, 0.15) is 44.6 Å². The molecule has 1 aromatic carbocycles. The van der Waals surface area contributed by atoms with Crippen molar-refractivity contribution in [1.29, 1.82) is 0 Å². The molecule has 0 saturated heterocycles. The summed E-state index contributed by atoms with van der Waals surface area (Å²) in [6.07, 6.45) is 3.47. The fourth-order valence-corrected chi connectivity index (χ4v) is 2.26. The van der Waals surface area contributed by atoms with Gasteiger partial charge in [0.25, 0.3) is 0 Å². The van der Waals surface area contributed by atoms with E-state index in [9.17, 15) is 0 Å².